The van der Waals surface area contributed by atoms with Gasteiger partial charge in [-0.25, -0.2) is 4.98 Å². The number of pyridine rings is 1. The average Bonchev–Trinajstić information content (AvgIpc) is 3.60. The van der Waals surface area contributed by atoms with E-state index in [-0.39, 0.29) is 17.7 Å². The van der Waals surface area contributed by atoms with Crippen molar-refractivity contribution in [1.29, 1.82) is 0 Å². The van der Waals surface area contributed by atoms with Crippen LogP contribution in [0.4, 0.5) is 5.82 Å². The van der Waals surface area contributed by atoms with Crippen LogP contribution in [0.5, 0.6) is 0 Å². The number of hydrogen-bond acceptors (Lipinski definition) is 5. The van der Waals surface area contributed by atoms with E-state index < -0.39 is 6.04 Å². The second-order valence-corrected chi connectivity index (χ2v) is 12.0. The van der Waals surface area contributed by atoms with E-state index in [2.05, 4.69) is 25.9 Å². The monoisotopic (exact) mass is 559 g/mol. The molecule has 0 radical (unpaired) electrons. The van der Waals surface area contributed by atoms with Crippen LogP contribution in [0.2, 0.25) is 0 Å². The number of rotatable bonds is 9. The molecule has 3 aromatic rings. The van der Waals surface area contributed by atoms with Crippen LogP contribution in [0.1, 0.15) is 98.7 Å². The molecule has 1 unspecified atom stereocenters. The molecule has 9 heteroatoms. The minimum absolute atomic E-state index is 0.0918. The number of carbonyl (C=O) groups excluding carboxylic acids is 2. The number of anilines is 1. The van der Waals surface area contributed by atoms with E-state index in [4.69, 9.17) is 4.98 Å². The number of aromatic amines is 1. The molecule has 2 amide bonds. The number of H-pyrrole nitrogens is 1. The molecule has 0 saturated heterocycles. The van der Waals surface area contributed by atoms with Crippen molar-refractivity contribution < 1.29 is 9.59 Å². The van der Waals surface area contributed by atoms with Crippen LogP contribution in [-0.4, -0.2) is 42.8 Å². The first kappa shape index (κ1) is 29.0. The first-order valence-corrected chi connectivity index (χ1v) is 15.5. The van der Waals surface area contributed by atoms with E-state index >= 15 is 0 Å². The summed E-state index contributed by atoms with van der Waals surface area (Å²) < 4.78 is 1.68. The van der Waals surface area contributed by atoms with E-state index in [1.165, 1.54) is 38.5 Å². The molecule has 5 rings (SSSR count). The fourth-order valence-electron chi connectivity index (χ4n) is 7.34. The molecule has 0 aliphatic heterocycles. The van der Waals surface area contributed by atoms with Gasteiger partial charge in [0.2, 0.25) is 5.91 Å². The van der Waals surface area contributed by atoms with Crippen LogP contribution in [0.25, 0.3) is 11.1 Å². The molecule has 3 aromatic heterocycles. The Morgan fingerprint density at radius 2 is 1.61 bits per heavy atom. The number of carbonyl (C=O) groups is 2. The van der Waals surface area contributed by atoms with Crippen LogP contribution < -0.4 is 10.6 Å². The van der Waals surface area contributed by atoms with Crippen LogP contribution in [0.15, 0.2) is 24.4 Å². The second-order valence-electron chi connectivity index (χ2n) is 12.0. The highest BCUT2D eigenvalue weighted by molar-refractivity contribution is 6.00. The Hall–Kier alpha value is -3.49. The lowest BCUT2D eigenvalue weighted by Gasteiger charge is -2.41. The number of aromatic nitrogens is 5. The Kier molecular flexibility index (Phi) is 9.20. The van der Waals surface area contributed by atoms with Gasteiger partial charge in [0.25, 0.3) is 5.91 Å². The van der Waals surface area contributed by atoms with Crippen molar-refractivity contribution in [1.82, 2.24) is 30.3 Å². The smallest absolute Gasteiger partial charge is 0.270 e. The lowest BCUT2D eigenvalue weighted by molar-refractivity contribution is -0.121. The maximum absolute atomic E-state index is 14.2. The van der Waals surface area contributed by atoms with Gasteiger partial charge in [-0.1, -0.05) is 64.2 Å². The first-order valence-electron chi connectivity index (χ1n) is 15.5. The first-order chi connectivity index (χ1) is 19.9. The van der Waals surface area contributed by atoms with Crippen molar-refractivity contribution in [2.75, 3.05) is 5.32 Å². The summed E-state index contributed by atoms with van der Waals surface area (Å²) in [7, 11) is 0. The Balaban J connectivity index is 1.46. The number of nitrogens with zero attached hydrogens (tertiary/aromatic N) is 4. The summed E-state index contributed by atoms with van der Waals surface area (Å²) in [6, 6.07) is 4.94. The average molecular weight is 560 g/mol. The quantitative estimate of drug-likeness (QED) is 0.292. The summed E-state index contributed by atoms with van der Waals surface area (Å²) in [5, 5.41) is 18.0. The third-order valence-electron chi connectivity index (χ3n) is 9.33. The molecule has 41 heavy (non-hydrogen) atoms. The number of nitrogens with one attached hydrogen (secondary N) is 3. The summed E-state index contributed by atoms with van der Waals surface area (Å²) in [5.74, 6) is 1.00. The molecular formula is C32H45N7O2. The summed E-state index contributed by atoms with van der Waals surface area (Å²) in [5.41, 5.74) is 5.24. The standard InChI is InChI=1S/C32H45N7O2/c1-5-39-26(18-19-33-39)31(40)36-30(29(23-12-8-6-9-13-23)24-14-10-7-11-15-24)32(41)35-27-17-16-25(20(2)34-27)28-21(3)37-38-22(28)4/h16-19,23-24,29-30H,5-15H2,1-4H3,(H,36,40)(H,37,38)(H,34,35,41). The van der Waals surface area contributed by atoms with E-state index in [0.29, 0.717) is 29.9 Å². The summed E-state index contributed by atoms with van der Waals surface area (Å²) in [6.45, 7) is 8.48. The topological polar surface area (TPSA) is 118 Å². The molecule has 2 aliphatic carbocycles. The molecule has 9 nitrogen and oxygen atoms in total. The van der Waals surface area contributed by atoms with E-state index in [9.17, 15) is 9.59 Å². The highest BCUT2D eigenvalue weighted by Gasteiger charge is 2.41. The van der Waals surface area contributed by atoms with Gasteiger partial charge in [0.05, 0.1) is 5.69 Å². The van der Waals surface area contributed by atoms with Gasteiger partial charge >= 0.3 is 0 Å². The number of aryl methyl sites for hydroxylation is 4. The van der Waals surface area contributed by atoms with Crippen LogP contribution in [0.3, 0.4) is 0 Å². The molecule has 2 saturated carbocycles. The molecule has 2 aliphatic rings. The van der Waals surface area contributed by atoms with Crippen LogP contribution in [0, 0.1) is 38.5 Å². The van der Waals surface area contributed by atoms with Gasteiger partial charge in [-0.2, -0.15) is 10.2 Å². The predicted octanol–water partition coefficient (Wildman–Crippen LogP) is 6.13. The Morgan fingerprint density at radius 3 is 2.17 bits per heavy atom. The lowest BCUT2D eigenvalue weighted by Crippen LogP contribution is -2.53. The molecule has 0 aromatic carbocycles. The van der Waals surface area contributed by atoms with Crippen molar-refractivity contribution in [3.8, 4) is 11.1 Å². The highest BCUT2D eigenvalue weighted by atomic mass is 16.2. The summed E-state index contributed by atoms with van der Waals surface area (Å²) in [4.78, 5) is 32.6. The van der Waals surface area contributed by atoms with Crippen LogP contribution in [-0.2, 0) is 11.3 Å². The maximum Gasteiger partial charge on any atom is 0.270 e. The van der Waals surface area contributed by atoms with Crippen molar-refractivity contribution in [3.63, 3.8) is 0 Å². The van der Waals surface area contributed by atoms with Gasteiger partial charge in [0, 0.05) is 35.3 Å². The lowest BCUT2D eigenvalue weighted by atomic mass is 9.66. The van der Waals surface area contributed by atoms with Crippen LogP contribution >= 0.6 is 0 Å². The molecule has 2 fully saturated rings. The molecule has 3 heterocycles. The minimum Gasteiger partial charge on any atom is -0.339 e. The highest BCUT2D eigenvalue weighted by Crippen LogP contribution is 2.42. The summed E-state index contributed by atoms with van der Waals surface area (Å²) >= 11 is 0. The fraction of sp³-hybridized carbons (Fsp3) is 0.594. The van der Waals surface area contributed by atoms with E-state index in [1.54, 1.807) is 16.9 Å². The van der Waals surface area contributed by atoms with Gasteiger partial charge < -0.3 is 10.6 Å². The third kappa shape index (κ3) is 6.39. The molecular weight excluding hydrogens is 514 g/mol. The van der Waals surface area contributed by atoms with Gasteiger partial charge in [0.15, 0.2) is 0 Å². The summed E-state index contributed by atoms with van der Waals surface area (Å²) in [6.07, 6.45) is 13.4. The molecule has 1 atom stereocenters. The zero-order valence-corrected chi connectivity index (χ0v) is 25.0. The SMILES string of the molecule is CCn1nccc1C(=O)NC(C(=O)Nc1ccc(-c2c(C)n[nH]c2C)c(C)n1)C(C1CCCCC1)C1CCCCC1. The Labute approximate surface area is 243 Å². The molecule has 3 N–H and O–H groups in total. The van der Waals surface area contributed by atoms with Crippen molar-refractivity contribution in [2.24, 2.45) is 17.8 Å². The van der Waals surface area contributed by atoms with Crippen molar-refractivity contribution in [2.45, 2.75) is 104 Å². The fourth-order valence-corrected chi connectivity index (χ4v) is 7.34. The molecule has 220 valence electrons. The normalized spacial score (nSPS) is 17.5. The second kappa shape index (κ2) is 13.0. The van der Waals surface area contributed by atoms with Gasteiger partial charge in [0.1, 0.15) is 17.6 Å². The third-order valence-corrected chi connectivity index (χ3v) is 9.33. The molecule has 0 bridgehead atoms. The Morgan fingerprint density at radius 1 is 0.951 bits per heavy atom. The number of amides is 2. The van der Waals surface area contributed by atoms with E-state index in [0.717, 1.165) is 53.9 Å². The number of hydrogen-bond donors (Lipinski definition) is 3. The van der Waals surface area contributed by atoms with Crippen molar-refractivity contribution in [3.05, 3.63) is 47.2 Å². The largest absolute Gasteiger partial charge is 0.339 e. The minimum atomic E-state index is -0.644. The van der Waals surface area contributed by atoms with Crippen molar-refractivity contribution >= 4 is 17.6 Å². The predicted molar refractivity (Wildman–Crippen MR) is 160 cm³/mol. The van der Waals surface area contributed by atoms with E-state index in [1.807, 2.05) is 39.8 Å². The maximum atomic E-state index is 14.2. The molecule has 0 spiro atoms. The van der Waals surface area contributed by atoms with Gasteiger partial charge in [-0.05, 0) is 63.6 Å². The Bertz CT molecular complexity index is 1310. The van der Waals surface area contributed by atoms with Gasteiger partial charge in [-0.3, -0.25) is 19.4 Å². The zero-order chi connectivity index (χ0) is 28.9. The van der Waals surface area contributed by atoms with Gasteiger partial charge in [-0.15, -0.1) is 0 Å². The zero-order valence-electron chi connectivity index (χ0n) is 25.0.